The summed E-state index contributed by atoms with van der Waals surface area (Å²) >= 11 is 10.4. The number of hydrogen-bond acceptors (Lipinski definition) is 1. The molecule has 2 aromatic carbocycles. The van der Waals surface area contributed by atoms with Crippen LogP contribution in [0.15, 0.2) is 51.4 Å². The van der Waals surface area contributed by atoms with Crippen LogP contribution in [0.25, 0.3) is 0 Å². The molecule has 0 radical (unpaired) electrons. The largest absolute Gasteiger partial charge is 0.294 e. The molecule has 3 rings (SSSR count). The lowest BCUT2D eigenvalue weighted by atomic mass is 10.0. The third kappa shape index (κ3) is 4.09. The van der Waals surface area contributed by atoms with Gasteiger partial charge in [0.1, 0.15) is 0 Å². The van der Waals surface area contributed by atoms with Crippen molar-refractivity contribution in [3.63, 3.8) is 0 Å². The molecule has 1 aliphatic carbocycles. The standard InChI is InChI=1S/C10H9BrO.C8H8Br2/c1-6-5-9(12)7-3-2-4-8(11)10(6)7;1-6(9)7-4-2-3-5-8(7)10/h2-4,6H,5H2,1H3;2-6H,1H3. The van der Waals surface area contributed by atoms with Crippen molar-refractivity contribution in [1.82, 2.24) is 0 Å². The SMILES string of the molecule is CC(Br)c1ccccc1Br.CC1CC(=O)c2cccc(Br)c21. The molecule has 0 saturated heterocycles. The van der Waals surface area contributed by atoms with E-state index in [1.54, 1.807) is 0 Å². The van der Waals surface area contributed by atoms with Gasteiger partial charge in [-0.1, -0.05) is 85.0 Å². The number of carbonyl (C=O) groups excluding carboxylic acids is 1. The first kappa shape index (κ1) is 17.9. The van der Waals surface area contributed by atoms with E-state index in [0.717, 1.165) is 10.0 Å². The highest BCUT2D eigenvalue weighted by Gasteiger charge is 2.27. The molecule has 1 aliphatic rings. The van der Waals surface area contributed by atoms with Crippen molar-refractivity contribution in [1.29, 1.82) is 0 Å². The minimum absolute atomic E-state index is 0.277. The summed E-state index contributed by atoms with van der Waals surface area (Å²) in [6, 6.07) is 14.0. The van der Waals surface area contributed by atoms with Crippen molar-refractivity contribution < 1.29 is 4.79 Å². The first-order valence-electron chi connectivity index (χ1n) is 7.12. The van der Waals surface area contributed by atoms with Gasteiger partial charge in [0.2, 0.25) is 0 Å². The lowest BCUT2D eigenvalue weighted by molar-refractivity contribution is 0.0990. The Kier molecular flexibility index (Phi) is 6.42. The van der Waals surface area contributed by atoms with Crippen LogP contribution in [0.4, 0.5) is 0 Å². The predicted octanol–water partition coefficient (Wildman–Crippen LogP) is 7.04. The second-order valence-electron chi connectivity index (χ2n) is 5.37. The minimum Gasteiger partial charge on any atom is -0.294 e. The van der Waals surface area contributed by atoms with E-state index < -0.39 is 0 Å². The number of ketones is 1. The zero-order valence-electron chi connectivity index (χ0n) is 12.4. The topological polar surface area (TPSA) is 17.1 Å². The Hall–Kier alpha value is -0.450. The van der Waals surface area contributed by atoms with E-state index in [2.05, 4.69) is 67.7 Å². The van der Waals surface area contributed by atoms with E-state index >= 15 is 0 Å². The van der Waals surface area contributed by atoms with Crippen molar-refractivity contribution in [3.8, 4) is 0 Å². The fraction of sp³-hybridized carbons (Fsp3) is 0.278. The molecule has 4 heteroatoms. The van der Waals surface area contributed by atoms with E-state index in [4.69, 9.17) is 0 Å². The number of halogens is 3. The zero-order valence-corrected chi connectivity index (χ0v) is 17.2. The number of alkyl halides is 1. The molecule has 22 heavy (non-hydrogen) atoms. The molecule has 2 unspecified atom stereocenters. The van der Waals surface area contributed by atoms with E-state index in [1.165, 1.54) is 15.6 Å². The van der Waals surface area contributed by atoms with Crippen LogP contribution in [0, 0.1) is 0 Å². The Bertz CT molecular complexity index is 680. The lowest BCUT2D eigenvalue weighted by Crippen LogP contribution is -1.89. The van der Waals surface area contributed by atoms with E-state index in [1.807, 2.05) is 36.4 Å². The lowest BCUT2D eigenvalue weighted by Gasteiger charge is -2.04. The summed E-state index contributed by atoms with van der Waals surface area (Å²) in [6.07, 6.45) is 0.665. The number of rotatable bonds is 1. The normalized spacial score (nSPS) is 17.5. The molecule has 0 heterocycles. The Labute approximate surface area is 156 Å². The molecule has 0 spiro atoms. The molecule has 0 bridgehead atoms. The highest BCUT2D eigenvalue weighted by Crippen LogP contribution is 2.37. The molecular formula is C18H17Br3O. The molecular weight excluding hydrogens is 472 g/mol. The summed E-state index contributed by atoms with van der Waals surface area (Å²) in [4.78, 5) is 11.8. The van der Waals surface area contributed by atoms with Crippen LogP contribution in [-0.2, 0) is 0 Å². The second kappa shape index (κ2) is 7.89. The van der Waals surface area contributed by atoms with Crippen molar-refractivity contribution >= 4 is 53.6 Å². The van der Waals surface area contributed by atoms with Crippen molar-refractivity contribution in [3.05, 3.63) is 68.1 Å². The van der Waals surface area contributed by atoms with Gasteiger partial charge in [-0.05, 0) is 36.1 Å². The molecule has 116 valence electrons. The van der Waals surface area contributed by atoms with Crippen molar-refractivity contribution in [2.75, 3.05) is 0 Å². The van der Waals surface area contributed by atoms with Gasteiger partial charge >= 0.3 is 0 Å². The number of hydrogen-bond donors (Lipinski definition) is 0. The van der Waals surface area contributed by atoms with Gasteiger partial charge in [0.15, 0.2) is 5.78 Å². The summed E-state index contributed by atoms with van der Waals surface area (Å²) in [7, 11) is 0. The highest BCUT2D eigenvalue weighted by molar-refractivity contribution is 9.11. The smallest absolute Gasteiger partial charge is 0.163 e. The Morgan fingerprint density at radius 1 is 1.05 bits per heavy atom. The molecule has 0 saturated carbocycles. The van der Waals surface area contributed by atoms with Gasteiger partial charge in [-0.2, -0.15) is 0 Å². The van der Waals surface area contributed by atoms with Crippen LogP contribution in [0.3, 0.4) is 0 Å². The van der Waals surface area contributed by atoms with Gasteiger partial charge in [-0.15, -0.1) is 0 Å². The van der Waals surface area contributed by atoms with Gasteiger partial charge in [0.05, 0.1) is 0 Å². The van der Waals surface area contributed by atoms with Crippen molar-refractivity contribution in [2.45, 2.75) is 31.0 Å². The molecule has 2 aromatic rings. The molecule has 0 amide bonds. The third-order valence-electron chi connectivity index (χ3n) is 3.67. The van der Waals surface area contributed by atoms with Gasteiger partial charge in [0, 0.05) is 25.8 Å². The zero-order chi connectivity index (χ0) is 16.3. The third-order valence-corrected chi connectivity index (χ3v) is 5.58. The maximum atomic E-state index is 11.4. The fourth-order valence-corrected chi connectivity index (χ4v) is 4.66. The molecule has 0 N–H and O–H groups in total. The van der Waals surface area contributed by atoms with Gasteiger partial charge in [0.25, 0.3) is 0 Å². The van der Waals surface area contributed by atoms with Crippen LogP contribution in [0.5, 0.6) is 0 Å². The van der Waals surface area contributed by atoms with Crippen LogP contribution < -0.4 is 0 Å². The van der Waals surface area contributed by atoms with E-state index in [-0.39, 0.29) is 5.78 Å². The van der Waals surface area contributed by atoms with Crippen LogP contribution in [0.1, 0.15) is 52.5 Å². The number of carbonyl (C=O) groups is 1. The second-order valence-corrected chi connectivity index (χ2v) is 8.45. The van der Waals surface area contributed by atoms with Gasteiger partial charge < -0.3 is 0 Å². The van der Waals surface area contributed by atoms with Crippen LogP contribution >= 0.6 is 47.8 Å². The molecule has 0 aromatic heterocycles. The average molecular weight is 489 g/mol. The van der Waals surface area contributed by atoms with Crippen LogP contribution in [0.2, 0.25) is 0 Å². The quantitative estimate of drug-likeness (QED) is 0.393. The number of benzene rings is 2. The summed E-state index contributed by atoms with van der Waals surface area (Å²) < 4.78 is 2.23. The minimum atomic E-state index is 0.277. The first-order valence-corrected chi connectivity index (χ1v) is 9.62. The summed E-state index contributed by atoms with van der Waals surface area (Å²) in [5, 5.41) is 0. The fourth-order valence-electron chi connectivity index (χ4n) is 2.57. The Morgan fingerprint density at radius 3 is 2.23 bits per heavy atom. The van der Waals surface area contributed by atoms with Crippen molar-refractivity contribution in [2.24, 2.45) is 0 Å². The summed E-state index contributed by atoms with van der Waals surface area (Å²) in [5.74, 6) is 0.655. The summed E-state index contributed by atoms with van der Waals surface area (Å²) in [6.45, 7) is 4.20. The average Bonchev–Trinajstić information content (AvgIpc) is 2.76. The molecule has 1 nitrogen and oxygen atoms in total. The molecule has 2 atom stereocenters. The molecule has 0 fully saturated rings. The monoisotopic (exact) mass is 486 g/mol. The Morgan fingerprint density at radius 2 is 1.68 bits per heavy atom. The molecule has 0 aliphatic heterocycles. The maximum absolute atomic E-state index is 11.4. The van der Waals surface area contributed by atoms with E-state index in [9.17, 15) is 4.79 Å². The number of fused-ring (bicyclic) bond motifs is 1. The van der Waals surface area contributed by atoms with Crippen LogP contribution in [-0.4, -0.2) is 5.78 Å². The van der Waals surface area contributed by atoms with Gasteiger partial charge in [-0.25, -0.2) is 0 Å². The number of Topliss-reactive ketones (excluding diaryl/α,β-unsaturated/α-hetero) is 1. The maximum Gasteiger partial charge on any atom is 0.163 e. The first-order chi connectivity index (χ1) is 10.4. The summed E-state index contributed by atoms with van der Waals surface area (Å²) in [5.41, 5.74) is 3.38. The van der Waals surface area contributed by atoms with Gasteiger partial charge in [-0.3, -0.25) is 4.79 Å². The highest BCUT2D eigenvalue weighted by atomic mass is 79.9. The van der Waals surface area contributed by atoms with E-state index in [0.29, 0.717) is 17.2 Å². The predicted molar refractivity (Wildman–Crippen MR) is 103 cm³/mol. The Balaban J connectivity index is 0.000000164.